The lowest BCUT2D eigenvalue weighted by Gasteiger charge is -2.31. The molecule has 8 nitrogen and oxygen atoms in total. The van der Waals surface area contributed by atoms with E-state index < -0.39 is 23.8 Å². The van der Waals surface area contributed by atoms with E-state index in [0.717, 1.165) is 15.5 Å². The lowest BCUT2D eigenvalue weighted by atomic mass is 10.1. The zero-order chi connectivity index (χ0) is 24.6. The minimum atomic E-state index is -0.712. The molecule has 2 aromatic carbocycles. The van der Waals surface area contributed by atoms with Crippen molar-refractivity contribution in [3.63, 3.8) is 0 Å². The Morgan fingerprint density at radius 2 is 1.56 bits per heavy atom. The average Bonchev–Trinajstić information content (AvgIpc) is 3.13. The van der Waals surface area contributed by atoms with Crippen molar-refractivity contribution in [3.8, 4) is 5.69 Å². The lowest BCUT2D eigenvalue weighted by Crippen LogP contribution is -2.55. The topological polar surface area (TPSA) is 88.9 Å². The van der Waals surface area contributed by atoms with Crippen LogP contribution in [0.15, 0.2) is 66.2 Å². The molecule has 3 aromatic rings. The Morgan fingerprint density at radius 1 is 0.912 bits per heavy atom. The number of esters is 1. The molecule has 0 radical (unpaired) electrons. The third-order valence-corrected chi connectivity index (χ3v) is 5.78. The number of aryl methyl sites for hydroxylation is 1. The third-order valence-electron chi connectivity index (χ3n) is 5.78. The van der Waals surface area contributed by atoms with Crippen molar-refractivity contribution in [2.45, 2.75) is 13.8 Å². The molecule has 0 bridgehead atoms. The molecule has 172 valence electrons. The fourth-order valence-corrected chi connectivity index (χ4v) is 4.06. The maximum Gasteiger partial charge on any atom is 0.339 e. The molecular formula is C26H23N3O5. The number of aromatic nitrogens is 1. The van der Waals surface area contributed by atoms with Crippen LogP contribution in [0.2, 0.25) is 0 Å². The Kier molecular flexibility index (Phi) is 5.89. The first kappa shape index (κ1) is 22.7. The molecule has 1 aromatic heterocycles. The SMILES string of the molecule is COC(=O)c1ccccc1-n1c(C)cc(/C=C2\C(=O)N(C)C(=O)N(c3ccccc3)C2=O)c1C. The second kappa shape index (κ2) is 8.82. The first-order valence-electron chi connectivity index (χ1n) is 10.6. The number of hydrogen-bond donors (Lipinski definition) is 0. The van der Waals surface area contributed by atoms with E-state index in [0.29, 0.717) is 28.2 Å². The van der Waals surface area contributed by atoms with Crippen molar-refractivity contribution in [1.29, 1.82) is 0 Å². The highest BCUT2D eigenvalue weighted by Gasteiger charge is 2.41. The molecule has 4 rings (SSSR count). The number of ether oxygens (including phenoxy) is 1. The van der Waals surface area contributed by atoms with Crippen molar-refractivity contribution in [2.24, 2.45) is 0 Å². The molecule has 1 aliphatic rings. The number of amides is 4. The molecular weight excluding hydrogens is 434 g/mol. The maximum absolute atomic E-state index is 13.3. The van der Waals surface area contributed by atoms with Gasteiger partial charge in [0.15, 0.2) is 0 Å². The molecule has 4 amide bonds. The van der Waals surface area contributed by atoms with Gasteiger partial charge in [-0.1, -0.05) is 30.3 Å². The smallest absolute Gasteiger partial charge is 0.339 e. The van der Waals surface area contributed by atoms with Crippen molar-refractivity contribution in [1.82, 2.24) is 9.47 Å². The average molecular weight is 457 g/mol. The summed E-state index contributed by atoms with van der Waals surface area (Å²) in [5.74, 6) is -1.85. The Labute approximate surface area is 196 Å². The van der Waals surface area contributed by atoms with Crippen LogP contribution in [0, 0.1) is 13.8 Å². The van der Waals surface area contributed by atoms with Gasteiger partial charge in [-0.3, -0.25) is 14.5 Å². The minimum absolute atomic E-state index is 0.132. The summed E-state index contributed by atoms with van der Waals surface area (Å²) in [7, 11) is 2.66. The second-order valence-electron chi connectivity index (χ2n) is 7.85. The summed E-state index contributed by atoms with van der Waals surface area (Å²) in [5, 5.41) is 0. The van der Waals surface area contributed by atoms with Gasteiger partial charge >= 0.3 is 12.0 Å². The van der Waals surface area contributed by atoms with Crippen molar-refractivity contribution in [2.75, 3.05) is 19.1 Å². The van der Waals surface area contributed by atoms with E-state index in [1.807, 2.05) is 30.5 Å². The molecule has 1 aliphatic heterocycles. The van der Waals surface area contributed by atoms with Gasteiger partial charge in [0, 0.05) is 18.4 Å². The predicted molar refractivity (Wildman–Crippen MR) is 127 cm³/mol. The van der Waals surface area contributed by atoms with Crippen molar-refractivity contribution >= 4 is 35.6 Å². The Balaban J connectivity index is 1.83. The number of likely N-dealkylation sites (N-methyl/N-ethyl adjacent to an activating group) is 1. The highest BCUT2D eigenvalue weighted by Crippen LogP contribution is 2.29. The van der Waals surface area contributed by atoms with Gasteiger partial charge in [-0.25, -0.2) is 14.5 Å². The highest BCUT2D eigenvalue weighted by atomic mass is 16.5. The van der Waals surface area contributed by atoms with Crippen LogP contribution < -0.4 is 4.90 Å². The number of carbonyl (C=O) groups excluding carboxylic acids is 4. The van der Waals surface area contributed by atoms with Gasteiger partial charge in [-0.05, 0) is 55.8 Å². The zero-order valence-corrected chi connectivity index (χ0v) is 19.2. The standard InChI is InChI=1S/C26H23N3O5/c1-16-14-18(17(2)28(16)22-13-9-8-12-20(22)25(32)34-4)15-21-23(30)27(3)26(33)29(24(21)31)19-10-6-5-7-11-19/h5-15H,1-4H3/b21-15+. The largest absolute Gasteiger partial charge is 0.465 e. The number of benzene rings is 2. The number of barbiturate groups is 1. The third kappa shape index (κ3) is 3.69. The van der Waals surface area contributed by atoms with Crippen LogP contribution in [0.3, 0.4) is 0 Å². The van der Waals surface area contributed by atoms with Crippen LogP contribution in [0.25, 0.3) is 11.8 Å². The molecule has 0 spiro atoms. The number of nitrogens with zero attached hydrogens (tertiary/aromatic N) is 3. The van der Waals surface area contributed by atoms with E-state index in [4.69, 9.17) is 4.74 Å². The highest BCUT2D eigenvalue weighted by molar-refractivity contribution is 6.39. The van der Waals surface area contributed by atoms with Crippen molar-refractivity contribution < 1.29 is 23.9 Å². The van der Waals surface area contributed by atoms with E-state index >= 15 is 0 Å². The number of methoxy groups -OCH3 is 1. The summed E-state index contributed by atoms with van der Waals surface area (Å²) in [6.07, 6.45) is 1.49. The van der Waals surface area contributed by atoms with Gasteiger partial charge in [-0.2, -0.15) is 0 Å². The number of carbonyl (C=O) groups is 4. The zero-order valence-electron chi connectivity index (χ0n) is 19.2. The van der Waals surface area contributed by atoms with Crippen LogP contribution in [0.1, 0.15) is 27.3 Å². The summed E-state index contributed by atoms with van der Waals surface area (Å²) >= 11 is 0. The van der Waals surface area contributed by atoms with Crippen LogP contribution >= 0.6 is 0 Å². The maximum atomic E-state index is 13.3. The number of anilines is 1. The molecule has 8 heteroatoms. The van der Waals surface area contributed by atoms with E-state index in [1.54, 1.807) is 48.5 Å². The van der Waals surface area contributed by atoms with Gasteiger partial charge in [0.1, 0.15) is 5.57 Å². The van der Waals surface area contributed by atoms with Gasteiger partial charge < -0.3 is 9.30 Å². The normalized spacial score (nSPS) is 15.3. The van der Waals surface area contributed by atoms with Crippen LogP contribution in [-0.2, 0) is 14.3 Å². The minimum Gasteiger partial charge on any atom is -0.465 e. The Morgan fingerprint density at radius 3 is 2.24 bits per heavy atom. The molecule has 0 aliphatic carbocycles. The lowest BCUT2D eigenvalue weighted by molar-refractivity contribution is -0.128. The van der Waals surface area contributed by atoms with Crippen molar-refractivity contribution in [3.05, 3.63) is 88.8 Å². The van der Waals surface area contributed by atoms with Crippen LogP contribution in [0.4, 0.5) is 10.5 Å². The molecule has 0 atom stereocenters. The second-order valence-corrected chi connectivity index (χ2v) is 7.85. The predicted octanol–water partition coefficient (Wildman–Crippen LogP) is 3.89. The van der Waals surface area contributed by atoms with Gasteiger partial charge in [0.2, 0.25) is 0 Å². The monoisotopic (exact) mass is 457 g/mol. The molecule has 34 heavy (non-hydrogen) atoms. The Bertz CT molecular complexity index is 1350. The number of hydrogen-bond acceptors (Lipinski definition) is 5. The molecule has 1 saturated heterocycles. The molecule has 0 unspecified atom stereocenters. The number of imide groups is 2. The Hall–Kier alpha value is -4.46. The molecule has 1 fully saturated rings. The summed E-state index contributed by atoms with van der Waals surface area (Å²) in [5.41, 5.74) is 3.37. The molecule has 2 heterocycles. The van der Waals surface area contributed by atoms with Gasteiger partial charge in [0.05, 0.1) is 24.0 Å². The van der Waals surface area contributed by atoms with Crippen LogP contribution in [-0.4, -0.2) is 47.4 Å². The number of urea groups is 1. The first-order valence-corrected chi connectivity index (χ1v) is 10.6. The quantitative estimate of drug-likeness (QED) is 0.337. The molecule has 0 saturated carbocycles. The number of para-hydroxylation sites is 2. The fourth-order valence-electron chi connectivity index (χ4n) is 4.06. The van der Waals surface area contributed by atoms with Gasteiger partial charge in [0.25, 0.3) is 11.8 Å². The summed E-state index contributed by atoms with van der Waals surface area (Å²) < 4.78 is 6.78. The van der Waals surface area contributed by atoms with E-state index in [2.05, 4.69) is 0 Å². The first-order chi connectivity index (χ1) is 16.3. The summed E-state index contributed by atoms with van der Waals surface area (Å²) in [6, 6.07) is 16.6. The van der Waals surface area contributed by atoms with E-state index in [-0.39, 0.29) is 5.57 Å². The summed E-state index contributed by atoms with van der Waals surface area (Å²) in [4.78, 5) is 53.1. The molecule has 0 N–H and O–H groups in total. The van der Waals surface area contributed by atoms with E-state index in [1.165, 1.54) is 20.2 Å². The number of rotatable bonds is 4. The fraction of sp³-hybridized carbons (Fsp3) is 0.154. The van der Waals surface area contributed by atoms with Gasteiger partial charge in [-0.15, -0.1) is 0 Å². The van der Waals surface area contributed by atoms with Crippen LogP contribution in [0.5, 0.6) is 0 Å². The van der Waals surface area contributed by atoms with E-state index in [9.17, 15) is 19.2 Å². The summed E-state index contributed by atoms with van der Waals surface area (Å²) in [6.45, 7) is 3.69.